The van der Waals surface area contributed by atoms with Gasteiger partial charge in [0.25, 0.3) is 11.8 Å². The van der Waals surface area contributed by atoms with Gasteiger partial charge >= 0.3 is 0 Å². The fourth-order valence-electron chi connectivity index (χ4n) is 3.19. The second-order valence-electron chi connectivity index (χ2n) is 7.04. The van der Waals surface area contributed by atoms with Crippen LogP contribution in [-0.2, 0) is 13.0 Å². The number of benzene rings is 1. The van der Waals surface area contributed by atoms with Crippen LogP contribution in [0, 0.1) is 11.3 Å². The van der Waals surface area contributed by atoms with E-state index in [1.807, 2.05) is 29.6 Å². The Bertz CT molecular complexity index is 908. The average molecular weight is 380 g/mol. The molecule has 8 heteroatoms. The lowest BCUT2D eigenvalue weighted by Gasteiger charge is -2.17. The number of carbonyl (C=O) groups excluding carboxylic acids is 2. The van der Waals surface area contributed by atoms with Crippen LogP contribution in [0.3, 0.4) is 0 Å². The van der Waals surface area contributed by atoms with Crippen molar-refractivity contribution >= 4 is 17.5 Å². The first-order chi connectivity index (χ1) is 13.5. The lowest BCUT2D eigenvalue weighted by Crippen LogP contribution is -2.33. The zero-order valence-electron chi connectivity index (χ0n) is 16.2. The number of amides is 2. The predicted molar refractivity (Wildman–Crippen MR) is 105 cm³/mol. The smallest absolute Gasteiger partial charge is 0.287 e. The first-order valence-electron chi connectivity index (χ1n) is 9.33. The van der Waals surface area contributed by atoms with Gasteiger partial charge in [0.15, 0.2) is 11.5 Å². The number of rotatable bonds is 6. The third-order valence-corrected chi connectivity index (χ3v) is 4.65. The summed E-state index contributed by atoms with van der Waals surface area (Å²) < 4.78 is 1.86. The van der Waals surface area contributed by atoms with Gasteiger partial charge in [-0.05, 0) is 57.6 Å². The quantitative estimate of drug-likeness (QED) is 0.793. The molecule has 0 atom stereocenters. The molecular formula is C20H24N6O2. The molecule has 0 fully saturated rings. The van der Waals surface area contributed by atoms with Crippen LogP contribution in [0.25, 0.3) is 0 Å². The summed E-state index contributed by atoms with van der Waals surface area (Å²) in [7, 11) is 3.88. The molecule has 0 saturated carbocycles. The van der Waals surface area contributed by atoms with Gasteiger partial charge in [0.2, 0.25) is 0 Å². The van der Waals surface area contributed by atoms with Crippen LogP contribution in [0.2, 0.25) is 0 Å². The molecule has 0 aliphatic carbocycles. The summed E-state index contributed by atoms with van der Waals surface area (Å²) >= 11 is 0. The molecule has 2 amide bonds. The van der Waals surface area contributed by atoms with Crippen LogP contribution < -0.4 is 10.6 Å². The van der Waals surface area contributed by atoms with Crippen molar-refractivity contribution in [2.24, 2.45) is 0 Å². The fourth-order valence-corrected chi connectivity index (χ4v) is 3.19. The van der Waals surface area contributed by atoms with Crippen LogP contribution in [0.4, 0.5) is 5.69 Å². The van der Waals surface area contributed by atoms with Gasteiger partial charge in [-0.25, -0.2) is 4.98 Å². The van der Waals surface area contributed by atoms with Gasteiger partial charge in [-0.2, -0.15) is 5.26 Å². The standard InChI is InChI=1S/C20H24N6O2/c1-25(2)12-10-22-20(28)18-24-17(16-5-3-4-11-26(16)18)19(27)23-15-8-6-14(13-21)7-9-15/h6-9H,3-5,10-12H2,1-2H3,(H,22,28)(H,23,27). The van der Waals surface area contributed by atoms with Crippen molar-refractivity contribution in [1.82, 2.24) is 19.8 Å². The number of fused-ring (bicyclic) bond motifs is 1. The van der Waals surface area contributed by atoms with Crippen molar-refractivity contribution in [3.8, 4) is 6.07 Å². The average Bonchev–Trinajstić information content (AvgIpc) is 3.08. The van der Waals surface area contributed by atoms with Crippen LogP contribution in [-0.4, -0.2) is 53.5 Å². The van der Waals surface area contributed by atoms with E-state index in [1.54, 1.807) is 24.3 Å². The minimum Gasteiger partial charge on any atom is -0.348 e. The largest absolute Gasteiger partial charge is 0.348 e. The maximum absolute atomic E-state index is 12.8. The predicted octanol–water partition coefficient (Wildman–Crippen LogP) is 1.63. The second kappa shape index (κ2) is 8.67. The topological polar surface area (TPSA) is 103 Å². The molecule has 0 radical (unpaired) electrons. The highest BCUT2D eigenvalue weighted by molar-refractivity contribution is 6.05. The molecule has 2 aromatic rings. The van der Waals surface area contributed by atoms with Gasteiger partial charge in [0, 0.05) is 25.3 Å². The van der Waals surface area contributed by atoms with Crippen molar-refractivity contribution in [3.63, 3.8) is 0 Å². The number of nitrogens with one attached hydrogen (secondary N) is 2. The highest BCUT2D eigenvalue weighted by atomic mass is 16.2. The Morgan fingerprint density at radius 1 is 1.21 bits per heavy atom. The molecule has 1 aliphatic rings. The van der Waals surface area contributed by atoms with Gasteiger partial charge in [-0.15, -0.1) is 0 Å². The Morgan fingerprint density at radius 3 is 2.64 bits per heavy atom. The molecule has 0 unspecified atom stereocenters. The van der Waals surface area contributed by atoms with Crippen molar-refractivity contribution in [1.29, 1.82) is 5.26 Å². The molecule has 3 rings (SSSR count). The first-order valence-corrected chi connectivity index (χ1v) is 9.33. The zero-order chi connectivity index (χ0) is 20.1. The van der Waals surface area contributed by atoms with Gasteiger partial charge in [0.05, 0.1) is 17.3 Å². The lowest BCUT2D eigenvalue weighted by molar-refractivity contribution is 0.0935. The number of hydrogen-bond acceptors (Lipinski definition) is 5. The molecule has 146 valence electrons. The molecule has 1 aliphatic heterocycles. The van der Waals surface area contributed by atoms with E-state index < -0.39 is 0 Å². The maximum atomic E-state index is 12.8. The summed E-state index contributed by atoms with van der Waals surface area (Å²) in [4.78, 5) is 31.8. The number of aromatic nitrogens is 2. The highest BCUT2D eigenvalue weighted by Crippen LogP contribution is 2.22. The normalized spacial score (nSPS) is 12.9. The molecule has 1 aromatic heterocycles. The van der Waals surface area contributed by atoms with Gasteiger partial charge in [0.1, 0.15) is 0 Å². The van der Waals surface area contributed by atoms with Gasteiger partial charge in [-0.1, -0.05) is 0 Å². The number of nitriles is 1. The lowest BCUT2D eigenvalue weighted by atomic mass is 10.1. The molecule has 28 heavy (non-hydrogen) atoms. The SMILES string of the molecule is CN(C)CCNC(=O)c1nc(C(=O)Nc2ccc(C#N)cc2)c2n1CCCC2. The zero-order valence-corrected chi connectivity index (χ0v) is 16.2. The van der Waals surface area contributed by atoms with Crippen LogP contribution in [0.1, 0.15) is 45.2 Å². The number of anilines is 1. The minimum atomic E-state index is -0.345. The van der Waals surface area contributed by atoms with Crippen molar-refractivity contribution in [3.05, 3.63) is 47.0 Å². The van der Waals surface area contributed by atoms with Gasteiger partial charge < -0.3 is 20.1 Å². The summed E-state index contributed by atoms with van der Waals surface area (Å²) in [5, 5.41) is 14.6. The summed E-state index contributed by atoms with van der Waals surface area (Å²) in [6, 6.07) is 8.67. The third-order valence-electron chi connectivity index (χ3n) is 4.65. The number of carbonyl (C=O) groups is 2. The number of likely N-dealkylation sites (N-methyl/N-ethyl adjacent to an activating group) is 1. The Hall–Kier alpha value is -3.18. The summed E-state index contributed by atoms with van der Waals surface area (Å²) in [6.07, 6.45) is 2.64. The number of hydrogen-bond donors (Lipinski definition) is 2. The summed E-state index contributed by atoms with van der Waals surface area (Å²) in [5.41, 5.74) is 2.20. The van der Waals surface area contributed by atoms with E-state index in [0.717, 1.165) is 25.1 Å². The van der Waals surface area contributed by atoms with E-state index in [1.165, 1.54) is 0 Å². The molecule has 0 spiro atoms. The Balaban J connectivity index is 1.80. The first kappa shape index (κ1) is 19.6. The molecule has 0 saturated heterocycles. The van der Waals surface area contributed by atoms with E-state index in [2.05, 4.69) is 15.6 Å². The molecule has 2 N–H and O–H groups in total. The second-order valence-corrected chi connectivity index (χ2v) is 7.04. The van der Waals surface area contributed by atoms with Crippen molar-refractivity contribution < 1.29 is 9.59 Å². The van der Waals surface area contributed by atoms with E-state index in [9.17, 15) is 9.59 Å². The van der Waals surface area contributed by atoms with E-state index in [0.29, 0.717) is 42.3 Å². The fraction of sp³-hybridized carbons (Fsp3) is 0.400. The Morgan fingerprint density at radius 2 is 1.96 bits per heavy atom. The van der Waals surface area contributed by atoms with Crippen molar-refractivity contribution in [2.45, 2.75) is 25.8 Å². The van der Waals surface area contributed by atoms with E-state index >= 15 is 0 Å². The number of nitrogens with zero attached hydrogens (tertiary/aromatic N) is 4. The Labute approximate surface area is 164 Å². The molecule has 0 bridgehead atoms. The summed E-state index contributed by atoms with van der Waals surface area (Å²) in [5.74, 6) is -0.316. The van der Waals surface area contributed by atoms with E-state index in [4.69, 9.17) is 5.26 Å². The van der Waals surface area contributed by atoms with Gasteiger partial charge in [-0.3, -0.25) is 9.59 Å². The number of imidazole rings is 1. The van der Waals surface area contributed by atoms with E-state index in [-0.39, 0.29) is 11.8 Å². The highest BCUT2D eigenvalue weighted by Gasteiger charge is 2.27. The monoisotopic (exact) mass is 380 g/mol. The maximum Gasteiger partial charge on any atom is 0.287 e. The molecular weight excluding hydrogens is 356 g/mol. The third kappa shape index (κ3) is 4.38. The molecule has 2 heterocycles. The Kier molecular flexibility index (Phi) is 6.06. The van der Waals surface area contributed by atoms with Crippen LogP contribution >= 0.6 is 0 Å². The molecule has 8 nitrogen and oxygen atoms in total. The van der Waals surface area contributed by atoms with Crippen LogP contribution in [0.5, 0.6) is 0 Å². The molecule has 1 aromatic carbocycles. The minimum absolute atomic E-state index is 0.262. The van der Waals surface area contributed by atoms with Crippen molar-refractivity contribution in [2.75, 3.05) is 32.5 Å². The summed E-state index contributed by atoms with van der Waals surface area (Å²) in [6.45, 7) is 1.93. The van der Waals surface area contributed by atoms with Crippen LogP contribution in [0.15, 0.2) is 24.3 Å².